The molecule has 7 aromatic rings. The zero-order chi connectivity index (χ0) is 69.7. The minimum atomic E-state index is -3.19. The minimum Gasteiger partial charge on any atom is -0.508 e. The van der Waals surface area contributed by atoms with Gasteiger partial charge in [-0.1, -0.05) is 60.3 Å². The normalized spacial score (nSPS) is 10.0. The highest BCUT2D eigenvalue weighted by Crippen LogP contribution is 2.23. The van der Waals surface area contributed by atoms with Crippen LogP contribution in [0.15, 0.2) is 162 Å². The topological polar surface area (TPSA) is 397 Å². The molecule has 0 aliphatic rings. The van der Waals surface area contributed by atoms with Gasteiger partial charge in [0.25, 0.3) is 0 Å². The second-order valence-corrected chi connectivity index (χ2v) is 21.5. The van der Waals surface area contributed by atoms with Crippen LogP contribution in [0.1, 0.15) is 77.9 Å². The fourth-order valence-corrected chi connectivity index (χ4v) is 7.11. The Morgan fingerprint density at radius 1 is 0.564 bits per heavy atom. The molecular weight excluding hydrogens is 1300 g/mol. The van der Waals surface area contributed by atoms with Crippen LogP contribution in [0.4, 0.5) is 11.4 Å². The predicted octanol–water partition coefficient (Wildman–Crippen LogP) is 9.22. The van der Waals surface area contributed by atoms with Crippen molar-refractivity contribution in [1.29, 1.82) is 0 Å². The molecule has 0 fully saturated rings. The van der Waals surface area contributed by atoms with Crippen LogP contribution < -0.4 is 55.1 Å². The number of aryl methyl sites for hydroxylation is 2. The number of aliphatic hydroxyl groups is 7. The average molecular weight is 1400 g/mol. The maximum atomic E-state index is 10.9. The Bertz CT molecular complexity index is 3150. The van der Waals surface area contributed by atoms with E-state index < -0.39 is 22.0 Å². The minimum absolute atomic E-state index is 0. The van der Waals surface area contributed by atoms with E-state index in [-0.39, 0.29) is 78.0 Å². The average Bonchev–Trinajstić information content (AvgIpc) is 1.10. The van der Waals surface area contributed by atoms with Crippen molar-refractivity contribution in [3.05, 3.63) is 190 Å². The van der Waals surface area contributed by atoms with Gasteiger partial charge in [0.05, 0.1) is 58.6 Å². The number of carbonyl (C=O) groups excluding carboxylic acids is 3. The number of aliphatic hydroxyl groups excluding tert-OH is 7. The fourth-order valence-electron chi connectivity index (χ4n) is 6.28. The highest BCUT2D eigenvalue weighted by atomic mass is 79.9. The van der Waals surface area contributed by atoms with Gasteiger partial charge in [-0.3, -0.25) is 19.1 Å². The Hall–Kier alpha value is -8.54. The first-order valence-corrected chi connectivity index (χ1v) is 32.0. The molecule has 0 bridgehead atoms. The fraction of sp³-hybridized carbons (Fsp3) is 0.338. The number of carbonyl (C=O) groups is 3. The lowest BCUT2D eigenvalue weighted by atomic mass is 10.1. The summed E-state index contributed by atoms with van der Waals surface area (Å²) in [6.07, 6.45) is 4.65. The van der Waals surface area contributed by atoms with Gasteiger partial charge in [0, 0.05) is 32.5 Å². The molecule has 2 amide bonds. The third kappa shape index (κ3) is 44.9. The van der Waals surface area contributed by atoms with Crippen molar-refractivity contribution in [3.63, 3.8) is 0 Å². The summed E-state index contributed by atoms with van der Waals surface area (Å²) < 4.78 is 61.2. The van der Waals surface area contributed by atoms with Crippen LogP contribution in [-0.4, -0.2) is 160 Å². The van der Waals surface area contributed by atoms with Crippen LogP contribution in [0.2, 0.25) is 0 Å². The number of sulfonamides is 1. The molecular formula is C68H95BrN4O20S. The number of hydrogen-bond acceptors (Lipinski definition) is 21. The molecule has 26 heteroatoms. The van der Waals surface area contributed by atoms with Gasteiger partial charge >= 0.3 is 0 Å². The summed E-state index contributed by atoms with van der Waals surface area (Å²) >= 11 is 3.32. The number of hydrogen-bond donors (Lipinski definition) is 12. The van der Waals surface area contributed by atoms with Crippen molar-refractivity contribution in [2.75, 3.05) is 95.6 Å². The van der Waals surface area contributed by atoms with E-state index in [2.05, 4.69) is 39.8 Å². The zero-order valence-electron chi connectivity index (χ0n) is 54.4. The number of nitrogens with two attached hydrogens (primary N) is 1. The number of amides is 2. The van der Waals surface area contributed by atoms with E-state index in [1.807, 2.05) is 62.4 Å². The number of aldehydes is 1. The first-order chi connectivity index (χ1) is 44.6. The molecule has 520 valence electrons. The third-order valence-corrected chi connectivity index (χ3v) is 12.0. The SMILES string of the molecule is CC(O)COc1ccc(Br)cc1.CCCC.CCOc1ccc(NS(C)(=O)=O)cc1.Cc1cc(OCCO)ccc1O.Cc1ccc(OCCO)cc1.N.NC(=O)c1ccc(OCCO)cc1.O=CNc1ccc(OCCO)cc1.O=Cc1ccc(OCCO)c(CO)c1. The molecule has 0 spiro atoms. The molecule has 0 saturated carbocycles. The molecule has 94 heavy (non-hydrogen) atoms. The monoisotopic (exact) mass is 1400 g/mol. The molecule has 0 saturated heterocycles. The Balaban J connectivity index is 0. The number of rotatable bonds is 28. The number of aromatic hydroxyl groups is 1. The number of halogens is 1. The standard InChI is InChI=1S/C10H12O4.C9H11BrO2.C9H13NO3S.2C9H11NO3.C9H12O3.C9H12O2.C4H10.H3N/c11-3-4-14-10-2-1-8(6-12)5-9(10)7-13;1-7(11)6-12-9-4-2-8(10)3-5-9;1-3-13-9-6-4-8(5-7-9)10-14(2,11)12;11-5-6-13-9-3-1-8(2-4-9)10-7-12;10-9(12)7-1-3-8(4-2-7)13-6-5-11;1-7-6-8(12-5-4-10)2-3-9(7)11;1-8-2-4-9(5-3-8)11-7-6-10;1-3-4-2;/h1-2,5-6,11,13H,3-4,7H2;2-5,7,11H,6H2,1H3;4-7,10H,3H2,1-2H3;1-4,7,11H,5-6H2,(H,10,12);1-4,11H,5-6H2,(H2,10,12);2-3,6,10-11H,4-5H2,1H3;2-5,10H,6-7H2,1H3;3-4H2,1-2H3;1H3. The Morgan fingerprint density at radius 2 is 0.979 bits per heavy atom. The van der Waals surface area contributed by atoms with Crippen LogP contribution in [0.5, 0.6) is 46.0 Å². The van der Waals surface area contributed by atoms with Crippen LogP contribution in [-0.2, 0) is 21.4 Å². The molecule has 15 N–H and O–H groups in total. The maximum Gasteiger partial charge on any atom is 0.248 e. The highest BCUT2D eigenvalue weighted by Gasteiger charge is 2.06. The molecule has 0 aliphatic heterocycles. The maximum absolute atomic E-state index is 10.9. The van der Waals surface area contributed by atoms with E-state index in [0.717, 1.165) is 33.5 Å². The number of phenolic OH excluding ortho intramolecular Hbond substituents is 1. The van der Waals surface area contributed by atoms with Gasteiger partial charge < -0.3 is 91.2 Å². The van der Waals surface area contributed by atoms with Gasteiger partial charge in [0.15, 0.2) is 0 Å². The lowest BCUT2D eigenvalue weighted by Crippen LogP contribution is -2.12. The van der Waals surface area contributed by atoms with Crippen LogP contribution in [0, 0.1) is 13.8 Å². The van der Waals surface area contributed by atoms with Crippen molar-refractivity contribution < 1.29 is 96.8 Å². The Morgan fingerprint density at radius 3 is 1.38 bits per heavy atom. The van der Waals surface area contributed by atoms with E-state index in [1.165, 1.54) is 18.4 Å². The van der Waals surface area contributed by atoms with Gasteiger partial charge in [-0.15, -0.1) is 0 Å². The van der Waals surface area contributed by atoms with E-state index in [1.54, 1.807) is 123 Å². The summed E-state index contributed by atoms with van der Waals surface area (Å²) in [4.78, 5) is 31.2. The van der Waals surface area contributed by atoms with E-state index in [0.29, 0.717) is 83.6 Å². The zero-order valence-corrected chi connectivity index (χ0v) is 56.8. The van der Waals surface area contributed by atoms with Crippen LogP contribution >= 0.6 is 15.9 Å². The summed E-state index contributed by atoms with van der Waals surface area (Å²) in [5.41, 5.74) is 9.75. The van der Waals surface area contributed by atoms with E-state index >= 15 is 0 Å². The number of ether oxygens (including phenoxy) is 7. The first-order valence-electron chi connectivity index (χ1n) is 29.3. The largest absolute Gasteiger partial charge is 0.508 e. The number of benzene rings is 7. The molecule has 24 nitrogen and oxygen atoms in total. The number of primary amides is 1. The third-order valence-electron chi connectivity index (χ3n) is 10.9. The van der Waals surface area contributed by atoms with Gasteiger partial charge in [-0.25, -0.2) is 8.42 Å². The second-order valence-electron chi connectivity index (χ2n) is 18.9. The molecule has 0 aromatic heterocycles. The summed E-state index contributed by atoms with van der Waals surface area (Å²) in [5, 5.41) is 72.0. The second kappa shape index (κ2) is 55.0. The Kier molecular flexibility index (Phi) is 51.2. The summed E-state index contributed by atoms with van der Waals surface area (Å²) in [6.45, 7) is 13.8. The summed E-state index contributed by atoms with van der Waals surface area (Å²) in [7, 11) is -3.19. The summed E-state index contributed by atoms with van der Waals surface area (Å²) in [6, 6.07) is 45.0. The number of phenols is 1. The van der Waals surface area contributed by atoms with Crippen molar-refractivity contribution in [3.8, 4) is 46.0 Å². The van der Waals surface area contributed by atoms with E-state index in [9.17, 15) is 22.8 Å². The van der Waals surface area contributed by atoms with Crippen LogP contribution in [0.3, 0.4) is 0 Å². The molecule has 1 unspecified atom stereocenters. The van der Waals surface area contributed by atoms with Crippen molar-refractivity contribution in [1.82, 2.24) is 6.15 Å². The molecule has 7 rings (SSSR count). The van der Waals surface area contributed by atoms with E-state index in [4.69, 9.17) is 79.7 Å². The predicted molar refractivity (Wildman–Crippen MR) is 369 cm³/mol. The lowest BCUT2D eigenvalue weighted by molar-refractivity contribution is -0.105. The van der Waals surface area contributed by atoms with Gasteiger partial charge in [-0.2, -0.15) is 0 Å². The smallest absolute Gasteiger partial charge is 0.248 e. The van der Waals surface area contributed by atoms with Crippen molar-refractivity contribution in [2.24, 2.45) is 5.73 Å². The molecule has 7 aromatic carbocycles. The Labute approximate surface area is 560 Å². The van der Waals surface area contributed by atoms with Gasteiger partial charge in [0.1, 0.15) is 91.9 Å². The summed E-state index contributed by atoms with van der Waals surface area (Å²) in [5.74, 6) is 4.55. The van der Waals surface area contributed by atoms with Crippen LogP contribution in [0.25, 0.3) is 0 Å². The molecule has 0 radical (unpaired) electrons. The highest BCUT2D eigenvalue weighted by molar-refractivity contribution is 9.10. The quantitative estimate of drug-likeness (QED) is 0.0203. The van der Waals surface area contributed by atoms with Gasteiger partial charge in [-0.05, 0) is 179 Å². The number of unbranched alkanes of at least 4 members (excludes halogenated alkanes) is 1. The van der Waals surface area contributed by atoms with Crippen molar-refractivity contribution >= 4 is 55.9 Å². The van der Waals surface area contributed by atoms with Crippen molar-refractivity contribution in [2.45, 2.75) is 67.1 Å². The molecule has 1 atom stereocenters. The molecule has 0 heterocycles. The lowest BCUT2D eigenvalue weighted by Gasteiger charge is -2.08. The molecule has 0 aliphatic carbocycles. The number of anilines is 2. The first kappa shape index (κ1) is 87.5. The van der Waals surface area contributed by atoms with Gasteiger partial charge in [0.2, 0.25) is 22.3 Å². The number of nitrogens with one attached hydrogen (secondary N) is 2.